The van der Waals surface area contributed by atoms with Crippen LogP contribution in [0.5, 0.6) is 0 Å². The molecule has 1 saturated heterocycles. The quantitative estimate of drug-likeness (QED) is 0.779. The first-order valence-corrected chi connectivity index (χ1v) is 7.54. The van der Waals surface area contributed by atoms with Crippen LogP contribution in [0.4, 0.5) is 0 Å². The van der Waals surface area contributed by atoms with Crippen molar-refractivity contribution in [1.29, 1.82) is 0 Å². The highest BCUT2D eigenvalue weighted by Gasteiger charge is 2.38. The van der Waals surface area contributed by atoms with Gasteiger partial charge in [-0.2, -0.15) is 0 Å². The van der Waals surface area contributed by atoms with Gasteiger partial charge in [0.1, 0.15) is 0 Å². The summed E-state index contributed by atoms with van der Waals surface area (Å²) in [6, 6.07) is 0.184. The van der Waals surface area contributed by atoms with Gasteiger partial charge in [0.05, 0.1) is 5.41 Å². The number of likely N-dealkylation sites (tertiary alicyclic amines) is 1. The zero-order valence-electron chi connectivity index (χ0n) is 12.9. The van der Waals surface area contributed by atoms with Gasteiger partial charge in [0, 0.05) is 25.0 Å². The lowest BCUT2D eigenvalue weighted by Crippen LogP contribution is -2.46. The van der Waals surface area contributed by atoms with Crippen molar-refractivity contribution in [3.05, 3.63) is 0 Å². The highest BCUT2D eigenvalue weighted by molar-refractivity contribution is 5.79. The van der Waals surface area contributed by atoms with E-state index in [9.17, 15) is 14.7 Å². The molecule has 0 aromatic carbocycles. The fourth-order valence-electron chi connectivity index (χ4n) is 2.62. The molecule has 1 amide bonds. The van der Waals surface area contributed by atoms with Gasteiger partial charge in [-0.05, 0) is 39.5 Å². The third kappa shape index (κ3) is 4.47. The van der Waals surface area contributed by atoms with Crippen LogP contribution < -0.4 is 5.73 Å². The molecule has 0 aromatic rings. The minimum atomic E-state index is -0.755. The molecule has 116 valence electrons. The summed E-state index contributed by atoms with van der Waals surface area (Å²) in [6.45, 7) is 6.81. The zero-order valence-corrected chi connectivity index (χ0v) is 12.9. The number of hydrogen-bond donors (Lipinski definition) is 2. The third-order valence-electron chi connectivity index (χ3n) is 4.41. The molecule has 0 aliphatic carbocycles. The Kier molecular flexibility index (Phi) is 5.99. The van der Waals surface area contributed by atoms with Gasteiger partial charge in [0.15, 0.2) is 0 Å². The average molecular weight is 284 g/mol. The van der Waals surface area contributed by atoms with Crippen LogP contribution in [0.25, 0.3) is 0 Å². The number of hydrogen-bond acceptors (Lipinski definition) is 3. The van der Waals surface area contributed by atoms with Gasteiger partial charge in [-0.1, -0.05) is 13.3 Å². The molecule has 3 N–H and O–H groups in total. The van der Waals surface area contributed by atoms with Gasteiger partial charge in [-0.15, -0.1) is 0 Å². The second-order valence-corrected chi connectivity index (χ2v) is 6.50. The van der Waals surface area contributed by atoms with Gasteiger partial charge in [0.2, 0.25) is 5.91 Å². The highest BCUT2D eigenvalue weighted by atomic mass is 16.4. The van der Waals surface area contributed by atoms with E-state index in [4.69, 9.17) is 5.73 Å². The van der Waals surface area contributed by atoms with Crippen molar-refractivity contribution in [3.63, 3.8) is 0 Å². The van der Waals surface area contributed by atoms with Crippen LogP contribution in [0.2, 0.25) is 0 Å². The van der Waals surface area contributed by atoms with Crippen LogP contribution in [0.15, 0.2) is 0 Å². The minimum absolute atomic E-state index is 0.00272. The lowest BCUT2D eigenvalue weighted by Gasteiger charge is -2.37. The van der Waals surface area contributed by atoms with Gasteiger partial charge < -0.3 is 15.7 Å². The maximum Gasteiger partial charge on any atom is 0.309 e. The fourth-order valence-corrected chi connectivity index (χ4v) is 2.62. The molecule has 1 aliphatic rings. The SMILES string of the molecule is CC(N)CCCC(C)C(=O)N1CCC(C)(C(=O)O)CC1. The van der Waals surface area contributed by atoms with E-state index in [0.29, 0.717) is 25.9 Å². The summed E-state index contributed by atoms with van der Waals surface area (Å²) in [5.41, 5.74) is 5.03. The van der Waals surface area contributed by atoms with Crippen LogP contribution in [-0.2, 0) is 9.59 Å². The molecule has 0 saturated carbocycles. The number of nitrogens with two attached hydrogens (primary N) is 1. The highest BCUT2D eigenvalue weighted by Crippen LogP contribution is 2.31. The molecule has 1 fully saturated rings. The Morgan fingerprint density at radius 1 is 1.25 bits per heavy atom. The van der Waals surface area contributed by atoms with E-state index in [0.717, 1.165) is 19.3 Å². The van der Waals surface area contributed by atoms with Crippen LogP contribution in [-0.4, -0.2) is 41.0 Å². The van der Waals surface area contributed by atoms with Gasteiger partial charge >= 0.3 is 5.97 Å². The molecule has 5 heteroatoms. The van der Waals surface area contributed by atoms with Crippen LogP contribution in [0.3, 0.4) is 0 Å². The first kappa shape index (κ1) is 17.0. The van der Waals surface area contributed by atoms with Crippen molar-refractivity contribution in [2.45, 2.75) is 58.9 Å². The maximum absolute atomic E-state index is 12.3. The van der Waals surface area contributed by atoms with E-state index >= 15 is 0 Å². The monoisotopic (exact) mass is 284 g/mol. The van der Waals surface area contributed by atoms with Gasteiger partial charge in [-0.3, -0.25) is 9.59 Å². The van der Waals surface area contributed by atoms with E-state index in [2.05, 4.69) is 0 Å². The smallest absolute Gasteiger partial charge is 0.309 e. The van der Waals surface area contributed by atoms with Crippen LogP contribution in [0, 0.1) is 11.3 Å². The number of carboxylic acid groups (broad SMARTS) is 1. The second kappa shape index (κ2) is 7.07. The Labute approximate surface area is 121 Å². The topological polar surface area (TPSA) is 83.6 Å². The Hall–Kier alpha value is -1.10. The van der Waals surface area contributed by atoms with Crippen LogP contribution >= 0.6 is 0 Å². The number of piperidine rings is 1. The summed E-state index contributed by atoms with van der Waals surface area (Å²) in [6.07, 6.45) is 3.84. The molecular weight excluding hydrogens is 256 g/mol. The number of rotatable bonds is 6. The predicted molar refractivity (Wildman–Crippen MR) is 78.2 cm³/mol. The summed E-state index contributed by atoms with van der Waals surface area (Å²) in [4.78, 5) is 25.3. The molecule has 5 nitrogen and oxygen atoms in total. The third-order valence-corrected chi connectivity index (χ3v) is 4.41. The van der Waals surface area contributed by atoms with Crippen molar-refractivity contribution in [2.24, 2.45) is 17.1 Å². The molecular formula is C15H28N2O3. The zero-order chi connectivity index (χ0) is 15.3. The molecule has 2 atom stereocenters. The van der Waals surface area contributed by atoms with Crippen molar-refractivity contribution < 1.29 is 14.7 Å². The van der Waals surface area contributed by atoms with Crippen molar-refractivity contribution >= 4 is 11.9 Å². The van der Waals surface area contributed by atoms with E-state index in [1.165, 1.54) is 0 Å². The molecule has 0 bridgehead atoms. The van der Waals surface area contributed by atoms with E-state index in [-0.39, 0.29) is 17.9 Å². The largest absolute Gasteiger partial charge is 0.481 e. The molecule has 1 rings (SSSR count). The number of nitrogens with zero attached hydrogens (tertiary/aromatic N) is 1. The van der Waals surface area contributed by atoms with E-state index < -0.39 is 11.4 Å². The van der Waals surface area contributed by atoms with Crippen molar-refractivity contribution in [3.8, 4) is 0 Å². The average Bonchev–Trinajstić information content (AvgIpc) is 2.38. The summed E-state index contributed by atoms with van der Waals surface area (Å²) in [5.74, 6) is -0.598. The molecule has 0 aromatic heterocycles. The lowest BCUT2D eigenvalue weighted by molar-refractivity contribution is -0.153. The van der Waals surface area contributed by atoms with Crippen LogP contribution in [0.1, 0.15) is 52.9 Å². The first-order valence-electron chi connectivity index (χ1n) is 7.54. The number of carbonyl (C=O) groups excluding carboxylic acids is 1. The molecule has 20 heavy (non-hydrogen) atoms. The van der Waals surface area contributed by atoms with Gasteiger partial charge in [-0.25, -0.2) is 0 Å². The summed E-state index contributed by atoms with van der Waals surface area (Å²) in [5, 5.41) is 9.18. The Balaban J connectivity index is 2.40. The van der Waals surface area contributed by atoms with E-state index in [1.54, 1.807) is 6.92 Å². The first-order chi connectivity index (χ1) is 9.26. The van der Waals surface area contributed by atoms with Crippen molar-refractivity contribution in [1.82, 2.24) is 4.90 Å². The standard InChI is InChI=1S/C15H28N2O3/c1-11(5-4-6-12(2)16)13(18)17-9-7-15(3,8-10-17)14(19)20/h11-12H,4-10,16H2,1-3H3,(H,19,20). The Morgan fingerprint density at radius 2 is 1.80 bits per heavy atom. The summed E-state index contributed by atoms with van der Waals surface area (Å²) >= 11 is 0. The number of carbonyl (C=O) groups is 2. The Bertz CT molecular complexity index is 347. The molecule has 1 aliphatic heterocycles. The maximum atomic E-state index is 12.3. The number of amides is 1. The number of carboxylic acids is 1. The predicted octanol–water partition coefficient (Wildman–Crippen LogP) is 1.85. The van der Waals surface area contributed by atoms with Gasteiger partial charge in [0.25, 0.3) is 0 Å². The minimum Gasteiger partial charge on any atom is -0.481 e. The molecule has 0 spiro atoms. The fraction of sp³-hybridized carbons (Fsp3) is 0.867. The van der Waals surface area contributed by atoms with Crippen molar-refractivity contribution in [2.75, 3.05) is 13.1 Å². The summed E-state index contributed by atoms with van der Waals surface area (Å²) < 4.78 is 0. The molecule has 2 unspecified atom stereocenters. The lowest BCUT2D eigenvalue weighted by atomic mass is 9.80. The molecule has 1 heterocycles. The normalized spacial score (nSPS) is 21.3. The second-order valence-electron chi connectivity index (χ2n) is 6.50. The molecule has 0 radical (unpaired) electrons. The Morgan fingerprint density at radius 3 is 2.25 bits per heavy atom. The van der Waals surface area contributed by atoms with E-state index in [1.807, 2.05) is 18.7 Å². The number of aliphatic carboxylic acids is 1. The summed E-state index contributed by atoms with van der Waals surface area (Å²) in [7, 11) is 0.